The normalized spacial score (nSPS) is 26.3. The zero-order valence-corrected chi connectivity index (χ0v) is 11.5. The summed E-state index contributed by atoms with van der Waals surface area (Å²) in [6.07, 6.45) is 8.80. The standard InChI is InChI=1S/C14H22N4O/c1-2-6-16-13-9-15-10-14(17-13)18-7-8-19-12-5-3-4-11(12)18/h9-12H,2-8H2,1H3,(H,16,17). The SMILES string of the molecule is CCCNc1cncc(N2CCOC3CCCC32)n1. The van der Waals surface area contributed by atoms with Gasteiger partial charge in [-0.05, 0) is 25.7 Å². The molecular weight excluding hydrogens is 240 g/mol. The number of fused-ring (bicyclic) bond motifs is 1. The van der Waals surface area contributed by atoms with Crippen molar-refractivity contribution in [3.8, 4) is 0 Å². The molecule has 1 aliphatic carbocycles. The number of hydrogen-bond acceptors (Lipinski definition) is 5. The Morgan fingerprint density at radius 2 is 2.37 bits per heavy atom. The van der Waals surface area contributed by atoms with Crippen LogP contribution in [0.4, 0.5) is 11.6 Å². The van der Waals surface area contributed by atoms with Crippen LogP contribution in [0.5, 0.6) is 0 Å². The van der Waals surface area contributed by atoms with Crippen molar-refractivity contribution in [2.24, 2.45) is 0 Å². The third kappa shape index (κ3) is 2.66. The van der Waals surface area contributed by atoms with Gasteiger partial charge in [-0.25, -0.2) is 4.98 Å². The van der Waals surface area contributed by atoms with Crippen molar-refractivity contribution in [2.45, 2.75) is 44.8 Å². The maximum absolute atomic E-state index is 5.84. The molecule has 0 amide bonds. The number of rotatable bonds is 4. The molecule has 1 saturated carbocycles. The van der Waals surface area contributed by atoms with E-state index in [0.29, 0.717) is 12.1 Å². The molecular formula is C14H22N4O. The van der Waals surface area contributed by atoms with Crippen molar-refractivity contribution in [2.75, 3.05) is 29.9 Å². The van der Waals surface area contributed by atoms with E-state index in [0.717, 1.165) is 37.8 Å². The Morgan fingerprint density at radius 3 is 3.26 bits per heavy atom. The lowest BCUT2D eigenvalue weighted by Crippen LogP contribution is -2.49. The van der Waals surface area contributed by atoms with Crippen LogP contribution in [0, 0.1) is 0 Å². The lowest BCUT2D eigenvalue weighted by molar-refractivity contribution is 0.0253. The van der Waals surface area contributed by atoms with Crippen LogP contribution in [0.3, 0.4) is 0 Å². The number of aromatic nitrogens is 2. The maximum Gasteiger partial charge on any atom is 0.149 e. The number of nitrogens with zero attached hydrogens (tertiary/aromatic N) is 3. The second kappa shape index (κ2) is 5.74. The van der Waals surface area contributed by atoms with Gasteiger partial charge in [-0.1, -0.05) is 6.92 Å². The molecule has 1 aromatic heterocycles. The molecule has 0 radical (unpaired) electrons. The van der Waals surface area contributed by atoms with Crippen molar-refractivity contribution >= 4 is 11.6 Å². The van der Waals surface area contributed by atoms with Gasteiger partial charge in [0.05, 0.1) is 31.1 Å². The molecule has 2 heterocycles. The number of ether oxygens (including phenoxy) is 1. The van der Waals surface area contributed by atoms with Gasteiger partial charge in [-0.2, -0.15) is 0 Å². The second-order valence-corrected chi connectivity index (χ2v) is 5.29. The summed E-state index contributed by atoms with van der Waals surface area (Å²) in [6, 6.07) is 0.490. The van der Waals surface area contributed by atoms with Gasteiger partial charge in [-0.15, -0.1) is 0 Å². The van der Waals surface area contributed by atoms with Gasteiger partial charge >= 0.3 is 0 Å². The third-order valence-corrected chi connectivity index (χ3v) is 3.95. The van der Waals surface area contributed by atoms with E-state index < -0.39 is 0 Å². The van der Waals surface area contributed by atoms with Crippen LogP contribution in [-0.2, 0) is 4.74 Å². The first kappa shape index (κ1) is 12.7. The van der Waals surface area contributed by atoms with Gasteiger partial charge in [0.25, 0.3) is 0 Å². The van der Waals surface area contributed by atoms with Crippen LogP contribution in [0.15, 0.2) is 12.4 Å². The molecule has 1 saturated heterocycles. The van der Waals surface area contributed by atoms with Crippen molar-refractivity contribution < 1.29 is 4.74 Å². The van der Waals surface area contributed by atoms with Crippen molar-refractivity contribution in [1.29, 1.82) is 0 Å². The average Bonchev–Trinajstić information content (AvgIpc) is 2.93. The van der Waals surface area contributed by atoms with Gasteiger partial charge in [0, 0.05) is 13.1 Å². The third-order valence-electron chi connectivity index (χ3n) is 3.95. The summed E-state index contributed by atoms with van der Waals surface area (Å²) in [4.78, 5) is 11.4. The molecule has 19 heavy (non-hydrogen) atoms. The highest BCUT2D eigenvalue weighted by molar-refractivity contribution is 5.45. The van der Waals surface area contributed by atoms with E-state index in [-0.39, 0.29) is 0 Å². The van der Waals surface area contributed by atoms with Crippen molar-refractivity contribution in [3.05, 3.63) is 12.4 Å². The minimum absolute atomic E-state index is 0.391. The molecule has 1 aromatic rings. The highest BCUT2D eigenvalue weighted by Gasteiger charge is 2.36. The highest BCUT2D eigenvalue weighted by Crippen LogP contribution is 2.32. The number of morpholine rings is 1. The summed E-state index contributed by atoms with van der Waals surface area (Å²) in [5.41, 5.74) is 0. The number of anilines is 2. The van der Waals surface area contributed by atoms with Crippen LogP contribution >= 0.6 is 0 Å². The van der Waals surface area contributed by atoms with E-state index in [1.54, 1.807) is 6.20 Å². The molecule has 2 unspecified atom stereocenters. The summed E-state index contributed by atoms with van der Waals surface area (Å²) in [6.45, 7) is 4.81. The molecule has 0 aromatic carbocycles. The Labute approximate surface area is 114 Å². The minimum Gasteiger partial charge on any atom is -0.374 e. The molecule has 3 rings (SSSR count). The van der Waals surface area contributed by atoms with Crippen molar-refractivity contribution in [3.63, 3.8) is 0 Å². The second-order valence-electron chi connectivity index (χ2n) is 5.29. The fraction of sp³-hybridized carbons (Fsp3) is 0.714. The molecule has 1 aliphatic heterocycles. The van der Waals surface area contributed by atoms with Gasteiger partial charge in [-0.3, -0.25) is 4.98 Å². The lowest BCUT2D eigenvalue weighted by atomic mass is 10.1. The van der Waals surface area contributed by atoms with E-state index in [1.807, 2.05) is 6.20 Å². The summed E-state index contributed by atoms with van der Waals surface area (Å²) >= 11 is 0. The molecule has 5 nitrogen and oxygen atoms in total. The Morgan fingerprint density at radius 1 is 1.42 bits per heavy atom. The molecule has 0 spiro atoms. The summed E-state index contributed by atoms with van der Waals surface area (Å²) in [5, 5.41) is 3.30. The van der Waals surface area contributed by atoms with Crippen LogP contribution in [-0.4, -0.2) is 41.8 Å². The number of nitrogens with one attached hydrogen (secondary N) is 1. The molecule has 2 atom stereocenters. The minimum atomic E-state index is 0.391. The van der Waals surface area contributed by atoms with Gasteiger partial charge < -0.3 is 15.0 Å². The summed E-state index contributed by atoms with van der Waals surface area (Å²) < 4.78 is 5.84. The first-order valence-electron chi connectivity index (χ1n) is 7.32. The Bertz CT molecular complexity index is 426. The molecule has 1 N–H and O–H groups in total. The first-order chi connectivity index (χ1) is 9.38. The maximum atomic E-state index is 5.84. The largest absolute Gasteiger partial charge is 0.374 e. The molecule has 0 bridgehead atoms. The van der Waals surface area contributed by atoms with Crippen LogP contribution in [0.2, 0.25) is 0 Å². The van der Waals surface area contributed by atoms with Crippen molar-refractivity contribution in [1.82, 2.24) is 9.97 Å². The highest BCUT2D eigenvalue weighted by atomic mass is 16.5. The fourth-order valence-corrected chi connectivity index (χ4v) is 3.04. The predicted octanol–water partition coefficient (Wildman–Crippen LogP) is 2.06. The Balaban J connectivity index is 1.76. The van der Waals surface area contributed by atoms with Gasteiger partial charge in [0.1, 0.15) is 11.6 Å². The Hall–Kier alpha value is -1.36. The molecule has 2 aliphatic rings. The van der Waals surface area contributed by atoms with Crippen LogP contribution in [0.25, 0.3) is 0 Å². The molecule has 2 fully saturated rings. The monoisotopic (exact) mass is 262 g/mol. The smallest absolute Gasteiger partial charge is 0.149 e. The quantitative estimate of drug-likeness (QED) is 0.900. The summed E-state index contributed by atoms with van der Waals surface area (Å²) in [5.74, 6) is 1.86. The zero-order chi connectivity index (χ0) is 13.1. The first-order valence-corrected chi connectivity index (χ1v) is 7.32. The topological polar surface area (TPSA) is 50.3 Å². The predicted molar refractivity (Wildman–Crippen MR) is 75.5 cm³/mol. The van der Waals surface area contributed by atoms with E-state index in [9.17, 15) is 0 Å². The van der Waals surface area contributed by atoms with Crippen LogP contribution in [0.1, 0.15) is 32.6 Å². The Kier molecular flexibility index (Phi) is 3.82. The van der Waals surface area contributed by atoms with E-state index in [4.69, 9.17) is 9.72 Å². The zero-order valence-electron chi connectivity index (χ0n) is 11.5. The number of hydrogen-bond donors (Lipinski definition) is 1. The van der Waals surface area contributed by atoms with Gasteiger partial charge in [0.15, 0.2) is 0 Å². The average molecular weight is 262 g/mol. The fourth-order valence-electron chi connectivity index (χ4n) is 3.04. The van der Waals surface area contributed by atoms with E-state index in [2.05, 4.69) is 22.1 Å². The summed E-state index contributed by atoms with van der Waals surface area (Å²) in [7, 11) is 0. The molecule has 5 heteroatoms. The molecule has 104 valence electrons. The van der Waals surface area contributed by atoms with Gasteiger partial charge in [0.2, 0.25) is 0 Å². The van der Waals surface area contributed by atoms with E-state index in [1.165, 1.54) is 19.3 Å². The lowest BCUT2D eigenvalue weighted by Gasteiger charge is -2.38. The van der Waals surface area contributed by atoms with Crippen LogP contribution < -0.4 is 10.2 Å². The van der Waals surface area contributed by atoms with E-state index >= 15 is 0 Å².